The Labute approximate surface area is 89.3 Å². The van der Waals surface area contributed by atoms with E-state index in [0.717, 1.165) is 5.56 Å². The zero-order valence-electron chi connectivity index (χ0n) is 7.88. The molecule has 0 fully saturated rings. The normalized spacial score (nSPS) is 13.9. The van der Waals surface area contributed by atoms with Crippen LogP contribution in [0.1, 0.15) is 18.5 Å². The summed E-state index contributed by atoms with van der Waals surface area (Å²) in [4.78, 5) is 10.6. The monoisotopic (exact) mass is 215 g/mol. The third-order valence-electron chi connectivity index (χ3n) is 2.11. The molecule has 0 aliphatic carbocycles. The van der Waals surface area contributed by atoms with Crippen molar-refractivity contribution in [2.75, 3.05) is 0 Å². The Kier molecular flexibility index (Phi) is 5.20. The van der Waals surface area contributed by atoms with Crippen molar-refractivity contribution < 1.29 is 9.90 Å². The zero-order valence-corrected chi connectivity index (χ0v) is 8.70. The molecule has 0 radical (unpaired) electrons. The Morgan fingerprint density at radius 1 is 1.36 bits per heavy atom. The van der Waals surface area contributed by atoms with Gasteiger partial charge >= 0.3 is 5.97 Å². The van der Waals surface area contributed by atoms with E-state index in [1.807, 2.05) is 30.3 Å². The van der Waals surface area contributed by atoms with Crippen LogP contribution in [0.3, 0.4) is 0 Å². The maximum absolute atomic E-state index is 10.6. The van der Waals surface area contributed by atoms with Crippen LogP contribution in [-0.4, -0.2) is 11.1 Å². The van der Waals surface area contributed by atoms with Crippen LogP contribution >= 0.6 is 12.4 Å². The molecule has 78 valence electrons. The summed E-state index contributed by atoms with van der Waals surface area (Å²) in [6, 6.07) is 8.82. The third-order valence-corrected chi connectivity index (χ3v) is 2.11. The molecule has 0 unspecified atom stereocenters. The van der Waals surface area contributed by atoms with Gasteiger partial charge in [0.25, 0.3) is 0 Å². The standard InChI is InChI=1S/C10H13NO2.ClH/c1-7(10(12)13)9(11)8-5-3-2-4-6-8;/h2-7,9H,11H2,1H3,(H,12,13);1H/t7-,9-;/m0./s1. The number of nitrogens with two attached hydrogens (primary N) is 1. The number of carboxylic acids is 1. The summed E-state index contributed by atoms with van der Waals surface area (Å²) in [7, 11) is 0. The van der Waals surface area contributed by atoms with Gasteiger partial charge in [-0.1, -0.05) is 37.3 Å². The van der Waals surface area contributed by atoms with Gasteiger partial charge in [-0.25, -0.2) is 0 Å². The average molecular weight is 216 g/mol. The number of benzene rings is 1. The second kappa shape index (κ2) is 5.62. The van der Waals surface area contributed by atoms with Gasteiger partial charge in [0.1, 0.15) is 0 Å². The SMILES string of the molecule is C[C@H](C(=O)O)[C@H](N)c1ccccc1.Cl. The number of halogens is 1. The minimum Gasteiger partial charge on any atom is -0.481 e. The fourth-order valence-corrected chi connectivity index (χ4v) is 1.12. The first-order chi connectivity index (χ1) is 6.13. The van der Waals surface area contributed by atoms with Gasteiger partial charge in [-0.3, -0.25) is 4.79 Å². The summed E-state index contributed by atoms with van der Waals surface area (Å²) in [5, 5.41) is 8.73. The van der Waals surface area contributed by atoms with Crippen molar-refractivity contribution in [2.45, 2.75) is 13.0 Å². The van der Waals surface area contributed by atoms with Gasteiger partial charge < -0.3 is 10.8 Å². The smallest absolute Gasteiger partial charge is 0.308 e. The molecule has 0 saturated heterocycles. The molecule has 1 rings (SSSR count). The molecule has 0 aliphatic rings. The molecule has 3 N–H and O–H groups in total. The number of hydrogen-bond donors (Lipinski definition) is 2. The van der Waals surface area contributed by atoms with Crippen LogP contribution in [-0.2, 0) is 4.79 Å². The van der Waals surface area contributed by atoms with Gasteiger partial charge in [-0.15, -0.1) is 12.4 Å². The Hall–Kier alpha value is -1.06. The lowest BCUT2D eigenvalue weighted by molar-refractivity contribution is -0.141. The summed E-state index contributed by atoms with van der Waals surface area (Å²) in [5.41, 5.74) is 6.62. The highest BCUT2D eigenvalue weighted by atomic mass is 35.5. The first-order valence-electron chi connectivity index (χ1n) is 4.16. The molecule has 14 heavy (non-hydrogen) atoms. The van der Waals surface area contributed by atoms with Crippen LogP contribution in [0.2, 0.25) is 0 Å². The predicted molar refractivity (Wildman–Crippen MR) is 57.4 cm³/mol. The third kappa shape index (κ3) is 3.01. The highest BCUT2D eigenvalue weighted by Gasteiger charge is 2.20. The number of rotatable bonds is 3. The molecule has 0 saturated carbocycles. The van der Waals surface area contributed by atoms with Crippen molar-refractivity contribution in [1.29, 1.82) is 0 Å². The zero-order chi connectivity index (χ0) is 9.84. The summed E-state index contributed by atoms with van der Waals surface area (Å²) in [6.07, 6.45) is 0. The van der Waals surface area contributed by atoms with Crippen LogP contribution in [0, 0.1) is 5.92 Å². The van der Waals surface area contributed by atoms with Crippen molar-refractivity contribution in [3.63, 3.8) is 0 Å². The van der Waals surface area contributed by atoms with E-state index in [4.69, 9.17) is 10.8 Å². The lowest BCUT2D eigenvalue weighted by Crippen LogP contribution is -2.25. The number of aliphatic carboxylic acids is 1. The summed E-state index contributed by atoms with van der Waals surface area (Å²) < 4.78 is 0. The van der Waals surface area contributed by atoms with Crippen LogP contribution < -0.4 is 5.73 Å². The van der Waals surface area contributed by atoms with Gasteiger partial charge in [0.2, 0.25) is 0 Å². The maximum atomic E-state index is 10.6. The summed E-state index contributed by atoms with van der Waals surface area (Å²) in [6.45, 7) is 1.61. The van der Waals surface area contributed by atoms with E-state index in [1.54, 1.807) is 6.92 Å². The second-order valence-corrected chi connectivity index (χ2v) is 3.06. The van der Waals surface area contributed by atoms with Crippen LogP contribution in [0.5, 0.6) is 0 Å². The molecule has 0 amide bonds. The predicted octanol–water partition coefficient (Wildman–Crippen LogP) is 1.83. The van der Waals surface area contributed by atoms with Crippen LogP contribution in [0.25, 0.3) is 0 Å². The van der Waals surface area contributed by atoms with Crippen molar-refractivity contribution in [2.24, 2.45) is 11.7 Å². The number of hydrogen-bond acceptors (Lipinski definition) is 2. The molecule has 4 heteroatoms. The highest BCUT2D eigenvalue weighted by Crippen LogP contribution is 2.18. The summed E-state index contributed by atoms with van der Waals surface area (Å²) in [5.74, 6) is -1.42. The molecular weight excluding hydrogens is 202 g/mol. The van der Waals surface area contributed by atoms with E-state index >= 15 is 0 Å². The van der Waals surface area contributed by atoms with Gasteiger partial charge in [0, 0.05) is 6.04 Å². The van der Waals surface area contributed by atoms with E-state index in [9.17, 15) is 4.79 Å². The van der Waals surface area contributed by atoms with Gasteiger partial charge in [0.05, 0.1) is 5.92 Å². The topological polar surface area (TPSA) is 63.3 Å². The molecular formula is C10H14ClNO2. The van der Waals surface area contributed by atoms with E-state index in [1.165, 1.54) is 0 Å². The van der Waals surface area contributed by atoms with Crippen LogP contribution in [0.15, 0.2) is 30.3 Å². The Morgan fingerprint density at radius 2 is 1.86 bits per heavy atom. The Morgan fingerprint density at radius 3 is 2.29 bits per heavy atom. The largest absolute Gasteiger partial charge is 0.481 e. The first kappa shape index (κ1) is 12.9. The number of carbonyl (C=O) groups is 1. The molecule has 0 heterocycles. The van der Waals surface area contributed by atoms with Gasteiger partial charge in [-0.05, 0) is 5.56 Å². The fraction of sp³-hybridized carbons (Fsp3) is 0.300. The molecule has 2 atom stereocenters. The molecule has 0 bridgehead atoms. The van der Waals surface area contributed by atoms with Gasteiger partial charge in [0.15, 0.2) is 0 Å². The van der Waals surface area contributed by atoms with Crippen molar-refractivity contribution in [1.82, 2.24) is 0 Å². The minimum atomic E-state index is -0.864. The Bertz CT molecular complexity index is 289. The summed E-state index contributed by atoms with van der Waals surface area (Å²) >= 11 is 0. The van der Waals surface area contributed by atoms with Crippen molar-refractivity contribution in [3.8, 4) is 0 Å². The van der Waals surface area contributed by atoms with E-state index < -0.39 is 17.9 Å². The molecule has 0 aliphatic heterocycles. The lowest BCUT2D eigenvalue weighted by Gasteiger charge is -2.15. The molecule has 1 aromatic carbocycles. The highest BCUT2D eigenvalue weighted by molar-refractivity contribution is 5.85. The second-order valence-electron chi connectivity index (χ2n) is 3.06. The molecule has 0 spiro atoms. The Balaban J connectivity index is 0.00000169. The van der Waals surface area contributed by atoms with Crippen molar-refractivity contribution in [3.05, 3.63) is 35.9 Å². The fourth-order valence-electron chi connectivity index (χ4n) is 1.12. The molecule has 3 nitrogen and oxygen atoms in total. The van der Waals surface area contributed by atoms with Crippen LogP contribution in [0.4, 0.5) is 0 Å². The lowest BCUT2D eigenvalue weighted by atomic mass is 9.96. The quantitative estimate of drug-likeness (QED) is 0.809. The van der Waals surface area contributed by atoms with Gasteiger partial charge in [-0.2, -0.15) is 0 Å². The average Bonchev–Trinajstić information content (AvgIpc) is 2.17. The number of carboxylic acid groups (broad SMARTS) is 1. The first-order valence-corrected chi connectivity index (χ1v) is 4.16. The molecule has 1 aromatic rings. The van der Waals surface area contributed by atoms with Crippen molar-refractivity contribution >= 4 is 18.4 Å². The maximum Gasteiger partial charge on any atom is 0.308 e. The molecule has 0 aromatic heterocycles. The van der Waals surface area contributed by atoms with E-state index in [0.29, 0.717) is 0 Å². The minimum absolute atomic E-state index is 0. The van der Waals surface area contributed by atoms with E-state index in [-0.39, 0.29) is 12.4 Å². The van der Waals surface area contributed by atoms with E-state index in [2.05, 4.69) is 0 Å².